The van der Waals surface area contributed by atoms with Gasteiger partial charge in [-0.15, -0.1) is 0 Å². The summed E-state index contributed by atoms with van der Waals surface area (Å²) >= 11 is 0. The van der Waals surface area contributed by atoms with E-state index in [0.717, 1.165) is 24.4 Å². The zero-order valence-electron chi connectivity index (χ0n) is 17.1. The number of hydrogen-bond donors (Lipinski definition) is 1. The number of ether oxygens (including phenoxy) is 1. The standard InChI is InChI=1S/C22H27N5O2/c1-4-26(5-2)20(17-7-6-8-19(13-17)29-3)15-25-22(28)18-9-10-24-21(14-18)27-12-11-23-16-27/h6-14,16,20H,4-5,15H2,1-3H3,(H,25,28)/t20-/m0/s1. The van der Waals surface area contributed by atoms with Gasteiger partial charge in [0.05, 0.1) is 13.2 Å². The number of methoxy groups -OCH3 is 1. The lowest BCUT2D eigenvalue weighted by Crippen LogP contribution is -2.38. The molecule has 0 fully saturated rings. The normalized spacial score (nSPS) is 12.0. The maximum Gasteiger partial charge on any atom is 0.251 e. The molecular weight excluding hydrogens is 366 g/mol. The Balaban J connectivity index is 1.76. The van der Waals surface area contributed by atoms with Crippen molar-refractivity contribution in [2.75, 3.05) is 26.7 Å². The lowest BCUT2D eigenvalue weighted by Gasteiger charge is -2.30. The van der Waals surface area contributed by atoms with Crippen molar-refractivity contribution < 1.29 is 9.53 Å². The minimum Gasteiger partial charge on any atom is -0.497 e. The predicted octanol–water partition coefficient (Wildman–Crippen LogP) is 3.09. The third kappa shape index (κ3) is 5.00. The van der Waals surface area contributed by atoms with Crippen LogP contribution >= 0.6 is 0 Å². The Hall–Kier alpha value is -3.19. The first kappa shape index (κ1) is 20.5. The number of rotatable bonds is 9. The smallest absolute Gasteiger partial charge is 0.251 e. The number of nitrogens with one attached hydrogen (secondary N) is 1. The van der Waals surface area contributed by atoms with Crippen LogP contribution in [-0.2, 0) is 0 Å². The Morgan fingerprint density at radius 1 is 1.21 bits per heavy atom. The molecule has 1 amide bonds. The van der Waals surface area contributed by atoms with Gasteiger partial charge >= 0.3 is 0 Å². The number of likely N-dealkylation sites (N-methyl/N-ethyl adjacent to an activating group) is 1. The number of amides is 1. The van der Waals surface area contributed by atoms with E-state index in [1.54, 1.807) is 48.7 Å². The summed E-state index contributed by atoms with van der Waals surface area (Å²) in [7, 11) is 1.66. The first-order chi connectivity index (χ1) is 14.2. The molecule has 7 nitrogen and oxygen atoms in total. The lowest BCUT2D eigenvalue weighted by molar-refractivity contribution is 0.0934. The Kier molecular flexibility index (Phi) is 6.97. The highest BCUT2D eigenvalue weighted by molar-refractivity contribution is 5.94. The molecule has 1 aromatic carbocycles. The molecule has 0 spiro atoms. The number of benzene rings is 1. The molecule has 0 unspecified atom stereocenters. The van der Waals surface area contributed by atoms with Crippen molar-refractivity contribution >= 4 is 5.91 Å². The van der Waals surface area contributed by atoms with Gasteiger partial charge in [0.2, 0.25) is 0 Å². The average Bonchev–Trinajstić information content (AvgIpc) is 3.31. The fourth-order valence-corrected chi connectivity index (χ4v) is 3.36. The summed E-state index contributed by atoms with van der Waals surface area (Å²) in [4.78, 5) is 23.5. The SMILES string of the molecule is CCN(CC)[C@@H](CNC(=O)c1ccnc(-n2ccnc2)c1)c1cccc(OC)c1. The second-order valence-electron chi connectivity index (χ2n) is 6.60. The first-order valence-corrected chi connectivity index (χ1v) is 9.76. The van der Waals surface area contributed by atoms with Crippen LogP contribution in [0.15, 0.2) is 61.3 Å². The fourth-order valence-electron chi connectivity index (χ4n) is 3.36. The van der Waals surface area contributed by atoms with E-state index >= 15 is 0 Å². The molecular formula is C22H27N5O2. The quantitative estimate of drug-likeness (QED) is 0.605. The maximum absolute atomic E-state index is 12.8. The molecule has 7 heteroatoms. The van der Waals surface area contributed by atoms with Crippen LogP contribution in [0, 0.1) is 0 Å². The number of carbonyl (C=O) groups is 1. The molecule has 1 N–H and O–H groups in total. The number of pyridine rings is 1. The molecule has 0 saturated heterocycles. The molecule has 0 aliphatic rings. The zero-order valence-corrected chi connectivity index (χ0v) is 17.1. The average molecular weight is 393 g/mol. The van der Waals surface area contributed by atoms with E-state index in [4.69, 9.17) is 4.74 Å². The van der Waals surface area contributed by atoms with E-state index in [9.17, 15) is 4.79 Å². The number of aromatic nitrogens is 3. The molecule has 152 valence electrons. The summed E-state index contributed by atoms with van der Waals surface area (Å²) in [6.45, 7) is 6.51. The van der Waals surface area contributed by atoms with Crippen LogP contribution < -0.4 is 10.1 Å². The summed E-state index contributed by atoms with van der Waals surface area (Å²) in [5, 5.41) is 3.08. The Morgan fingerprint density at radius 2 is 2.03 bits per heavy atom. The molecule has 0 aliphatic carbocycles. The summed E-state index contributed by atoms with van der Waals surface area (Å²) in [6, 6.07) is 11.5. The van der Waals surface area contributed by atoms with Gasteiger partial charge in [-0.3, -0.25) is 14.3 Å². The topological polar surface area (TPSA) is 72.3 Å². The lowest BCUT2D eigenvalue weighted by atomic mass is 10.0. The number of nitrogens with zero attached hydrogens (tertiary/aromatic N) is 4. The van der Waals surface area contributed by atoms with Crippen LogP contribution in [0.1, 0.15) is 35.8 Å². The van der Waals surface area contributed by atoms with Crippen LogP contribution in [0.3, 0.4) is 0 Å². The monoisotopic (exact) mass is 393 g/mol. The van der Waals surface area contributed by atoms with E-state index in [-0.39, 0.29) is 11.9 Å². The highest BCUT2D eigenvalue weighted by Gasteiger charge is 2.20. The van der Waals surface area contributed by atoms with Gasteiger partial charge in [0.1, 0.15) is 17.9 Å². The summed E-state index contributed by atoms with van der Waals surface area (Å²) < 4.78 is 7.14. The van der Waals surface area contributed by atoms with Crippen molar-refractivity contribution in [3.8, 4) is 11.6 Å². The van der Waals surface area contributed by atoms with Crippen molar-refractivity contribution in [3.05, 3.63) is 72.4 Å². The van der Waals surface area contributed by atoms with Gasteiger partial charge in [0.25, 0.3) is 5.91 Å². The number of carbonyl (C=O) groups excluding carboxylic acids is 1. The minimum absolute atomic E-state index is 0.0546. The van der Waals surface area contributed by atoms with Crippen LogP contribution in [0.5, 0.6) is 5.75 Å². The molecule has 2 heterocycles. The molecule has 0 bridgehead atoms. The summed E-state index contributed by atoms with van der Waals surface area (Å²) in [5.74, 6) is 1.34. The molecule has 0 aliphatic heterocycles. The van der Waals surface area contributed by atoms with Crippen LogP contribution in [0.4, 0.5) is 0 Å². The molecule has 3 rings (SSSR count). The molecule has 29 heavy (non-hydrogen) atoms. The van der Waals surface area contributed by atoms with Gasteiger partial charge in [0, 0.05) is 30.7 Å². The van der Waals surface area contributed by atoms with Gasteiger partial charge in [-0.1, -0.05) is 26.0 Å². The van der Waals surface area contributed by atoms with Gasteiger partial charge in [0.15, 0.2) is 0 Å². The van der Waals surface area contributed by atoms with Crippen molar-refractivity contribution in [3.63, 3.8) is 0 Å². The van der Waals surface area contributed by atoms with Gasteiger partial charge in [-0.25, -0.2) is 9.97 Å². The Bertz CT molecular complexity index is 922. The summed E-state index contributed by atoms with van der Waals surface area (Å²) in [6.07, 6.45) is 6.76. The Labute approximate surface area is 171 Å². The third-order valence-electron chi connectivity index (χ3n) is 4.96. The second kappa shape index (κ2) is 9.84. The first-order valence-electron chi connectivity index (χ1n) is 9.76. The number of imidazole rings is 1. The highest BCUT2D eigenvalue weighted by atomic mass is 16.5. The molecule has 1 atom stereocenters. The van der Waals surface area contributed by atoms with E-state index in [1.165, 1.54) is 0 Å². The molecule has 0 saturated carbocycles. The maximum atomic E-state index is 12.8. The van der Waals surface area contributed by atoms with E-state index in [2.05, 4.69) is 40.1 Å². The predicted molar refractivity (Wildman–Crippen MR) is 112 cm³/mol. The number of hydrogen-bond acceptors (Lipinski definition) is 5. The van der Waals surface area contributed by atoms with Crippen LogP contribution in [0.25, 0.3) is 5.82 Å². The van der Waals surface area contributed by atoms with Crippen LogP contribution in [0.2, 0.25) is 0 Å². The van der Waals surface area contributed by atoms with Gasteiger partial charge in [-0.2, -0.15) is 0 Å². The van der Waals surface area contributed by atoms with Gasteiger partial charge in [-0.05, 0) is 42.9 Å². The van der Waals surface area contributed by atoms with Crippen molar-refractivity contribution in [2.45, 2.75) is 19.9 Å². The highest BCUT2D eigenvalue weighted by Crippen LogP contribution is 2.24. The van der Waals surface area contributed by atoms with Crippen molar-refractivity contribution in [2.24, 2.45) is 0 Å². The largest absolute Gasteiger partial charge is 0.497 e. The van der Waals surface area contributed by atoms with E-state index in [1.807, 2.05) is 18.2 Å². The Morgan fingerprint density at radius 3 is 2.72 bits per heavy atom. The van der Waals surface area contributed by atoms with Crippen molar-refractivity contribution in [1.29, 1.82) is 0 Å². The third-order valence-corrected chi connectivity index (χ3v) is 4.96. The summed E-state index contributed by atoms with van der Waals surface area (Å²) in [5.41, 5.74) is 1.68. The van der Waals surface area contributed by atoms with Crippen LogP contribution in [-0.4, -0.2) is 52.1 Å². The molecule has 2 aromatic heterocycles. The fraction of sp³-hybridized carbons (Fsp3) is 0.318. The van der Waals surface area contributed by atoms with E-state index in [0.29, 0.717) is 17.9 Å². The zero-order chi connectivity index (χ0) is 20.6. The minimum atomic E-state index is -0.131. The van der Waals surface area contributed by atoms with Gasteiger partial charge < -0.3 is 10.1 Å². The van der Waals surface area contributed by atoms with E-state index < -0.39 is 0 Å². The van der Waals surface area contributed by atoms with Crippen molar-refractivity contribution in [1.82, 2.24) is 24.8 Å². The molecule has 0 radical (unpaired) electrons. The second-order valence-corrected chi connectivity index (χ2v) is 6.60. The molecule has 3 aromatic rings.